The van der Waals surface area contributed by atoms with Gasteiger partial charge in [0.25, 0.3) is 0 Å². The number of amides is 2. The molecule has 3 unspecified atom stereocenters. The van der Waals surface area contributed by atoms with Crippen LogP contribution >= 0.6 is 0 Å². The van der Waals surface area contributed by atoms with E-state index in [9.17, 15) is 19.1 Å². The van der Waals surface area contributed by atoms with Crippen molar-refractivity contribution in [3.05, 3.63) is 65.5 Å². The average Bonchev–Trinajstić information content (AvgIpc) is 3.09. The van der Waals surface area contributed by atoms with Crippen molar-refractivity contribution in [3.63, 3.8) is 0 Å². The zero-order chi connectivity index (χ0) is 20.3. The molecular weight excluding hydrogens is 361 g/mol. The molecule has 1 aliphatic heterocycles. The molecule has 0 bridgehead atoms. The number of hydrogen-bond acceptors (Lipinski definition) is 3. The summed E-state index contributed by atoms with van der Waals surface area (Å²) >= 11 is 0. The average molecular weight is 385 g/mol. The summed E-state index contributed by atoms with van der Waals surface area (Å²) in [6.07, 6.45) is -1.00. The van der Waals surface area contributed by atoms with Crippen LogP contribution in [-0.4, -0.2) is 45.7 Å². The molecule has 6 nitrogen and oxygen atoms in total. The van der Waals surface area contributed by atoms with Gasteiger partial charge in [-0.25, -0.2) is 9.18 Å². The van der Waals surface area contributed by atoms with Gasteiger partial charge in [-0.1, -0.05) is 50.2 Å². The van der Waals surface area contributed by atoms with E-state index >= 15 is 0 Å². The lowest BCUT2D eigenvalue weighted by Gasteiger charge is -2.25. The molecule has 2 heterocycles. The number of likely N-dealkylation sites (tertiary alicyclic amines) is 1. The molecule has 0 aliphatic carbocycles. The van der Waals surface area contributed by atoms with E-state index in [1.54, 1.807) is 6.20 Å². The third kappa shape index (κ3) is 4.30. The topological polar surface area (TPSA) is 82.5 Å². The molecule has 1 aromatic heterocycles. The Morgan fingerprint density at radius 1 is 1.18 bits per heavy atom. The van der Waals surface area contributed by atoms with Crippen LogP contribution in [0.2, 0.25) is 0 Å². The summed E-state index contributed by atoms with van der Waals surface area (Å²) in [5.74, 6) is -0.193. The van der Waals surface area contributed by atoms with Gasteiger partial charge in [0.05, 0.1) is 18.3 Å². The SMILES string of the molecule is CC(C)c1ccc(C(NC(=O)C2CC(F)CN2C(=O)O)c2ccccc2)nc1. The fraction of sp³-hybridized carbons (Fsp3) is 0.381. The van der Waals surface area contributed by atoms with Gasteiger partial charge < -0.3 is 10.4 Å². The molecule has 1 aromatic carbocycles. The summed E-state index contributed by atoms with van der Waals surface area (Å²) in [6, 6.07) is 11.5. The molecule has 2 aromatic rings. The predicted molar refractivity (Wildman–Crippen MR) is 103 cm³/mol. The van der Waals surface area contributed by atoms with Crippen LogP contribution in [0.5, 0.6) is 0 Å². The lowest BCUT2D eigenvalue weighted by Crippen LogP contribution is -2.46. The van der Waals surface area contributed by atoms with Gasteiger partial charge in [0.1, 0.15) is 12.2 Å². The van der Waals surface area contributed by atoms with Gasteiger partial charge in [-0.05, 0) is 23.1 Å². The quantitative estimate of drug-likeness (QED) is 0.825. The minimum absolute atomic E-state index is 0.140. The Morgan fingerprint density at radius 2 is 1.89 bits per heavy atom. The number of nitrogens with one attached hydrogen (secondary N) is 1. The summed E-state index contributed by atoms with van der Waals surface area (Å²) in [4.78, 5) is 29.5. The Hall–Kier alpha value is -2.96. The van der Waals surface area contributed by atoms with E-state index in [0.717, 1.165) is 16.0 Å². The molecule has 0 spiro atoms. The molecule has 7 heteroatoms. The Bertz CT molecular complexity index is 827. The monoisotopic (exact) mass is 385 g/mol. The van der Waals surface area contributed by atoms with Crippen molar-refractivity contribution in [1.29, 1.82) is 0 Å². The van der Waals surface area contributed by atoms with Crippen LogP contribution < -0.4 is 5.32 Å². The molecule has 3 rings (SSSR count). The van der Waals surface area contributed by atoms with E-state index in [1.807, 2.05) is 42.5 Å². The van der Waals surface area contributed by atoms with Crippen molar-refractivity contribution in [3.8, 4) is 0 Å². The number of pyridine rings is 1. The predicted octanol–water partition coefficient (Wildman–Crippen LogP) is 3.50. The molecule has 28 heavy (non-hydrogen) atoms. The first-order valence-corrected chi connectivity index (χ1v) is 9.31. The van der Waals surface area contributed by atoms with Gasteiger partial charge in [-0.15, -0.1) is 0 Å². The zero-order valence-corrected chi connectivity index (χ0v) is 15.9. The Morgan fingerprint density at radius 3 is 2.46 bits per heavy atom. The smallest absolute Gasteiger partial charge is 0.408 e. The molecule has 2 amide bonds. The first kappa shape index (κ1) is 19.8. The summed E-state index contributed by atoms with van der Waals surface area (Å²) in [6.45, 7) is 3.85. The normalized spacial score (nSPS) is 20.2. The van der Waals surface area contributed by atoms with E-state index in [-0.39, 0.29) is 13.0 Å². The molecule has 2 N–H and O–H groups in total. The van der Waals surface area contributed by atoms with E-state index in [1.165, 1.54) is 0 Å². The minimum Gasteiger partial charge on any atom is -0.465 e. The standard InChI is InChI=1S/C21H24FN3O3/c1-13(2)15-8-9-17(23-11-15)19(14-6-4-3-5-7-14)24-20(26)18-10-16(22)12-25(18)21(27)28/h3-9,11,13,16,18-19H,10,12H2,1-2H3,(H,24,26)(H,27,28). The second-order valence-corrected chi connectivity index (χ2v) is 7.31. The molecule has 148 valence electrons. The van der Waals surface area contributed by atoms with E-state index < -0.39 is 30.3 Å². The maximum absolute atomic E-state index is 13.8. The zero-order valence-electron chi connectivity index (χ0n) is 15.9. The number of aromatic nitrogens is 1. The Labute approximate surface area is 163 Å². The van der Waals surface area contributed by atoms with Crippen molar-refractivity contribution in [2.75, 3.05) is 6.54 Å². The number of carbonyl (C=O) groups excluding carboxylic acids is 1. The third-order valence-electron chi connectivity index (χ3n) is 4.99. The molecule has 1 saturated heterocycles. The summed E-state index contributed by atoms with van der Waals surface area (Å²) in [5.41, 5.74) is 2.54. The van der Waals surface area contributed by atoms with Crippen LogP contribution in [0, 0.1) is 0 Å². The second-order valence-electron chi connectivity index (χ2n) is 7.31. The summed E-state index contributed by atoms with van der Waals surface area (Å²) < 4.78 is 13.8. The number of rotatable bonds is 5. The highest BCUT2D eigenvalue weighted by molar-refractivity contribution is 5.86. The number of hydrogen-bond donors (Lipinski definition) is 2. The highest BCUT2D eigenvalue weighted by atomic mass is 19.1. The van der Waals surface area contributed by atoms with Gasteiger partial charge in [0.15, 0.2) is 0 Å². The number of nitrogens with zero attached hydrogens (tertiary/aromatic N) is 2. The molecule has 1 fully saturated rings. The Balaban J connectivity index is 1.87. The minimum atomic E-state index is -1.34. The summed E-state index contributed by atoms with van der Waals surface area (Å²) in [7, 11) is 0. The molecule has 1 aliphatic rings. The second kappa shape index (κ2) is 8.37. The maximum Gasteiger partial charge on any atom is 0.408 e. The lowest BCUT2D eigenvalue weighted by molar-refractivity contribution is -0.125. The highest BCUT2D eigenvalue weighted by Gasteiger charge is 2.40. The largest absolute Gasteiger partial charge is 0.465 e. The fourth-order valence-corrected chi connectivity index (χ4v) is 3.39. The first-order chi connectivity index (χ1) is 13.4. The van der Waals surface area contributed by atoms with Gasteiger partial charge in [-0.2, -0.15) is 0 Å². The highest BCUT2D eigenvalue weighted by Crippen LogP contribution is 2.25. The van der Waals surface area contributed by atoms with Crippen LogP contribution in [0.3, 0.4) is 0 Å². The van der Waals surface area contributed by atoms with Crippen LogP contribution in [0.4, 0.5) is 9.18 Å². The van der Waals surface area contributed by atoms with E-state index in [4.69, 9.17) is 0 Å². The van der Waals surface area contributed by atoms with Gasteiger partial charge in [0.2, 0.25) is 5.91 Å². The van der Waals surface area contributed by atoms with Crippen LogP contribution in [0.25, 0.3) is 0 Å². The molecule has 0 radical (unpaired) electrons. The van der Waals surface area contributed by atoms with Gasteiger partial charge in [0, 0.05) is 12.6 Å². The number of alkyl halides is 1. The van der Waals surface area contributed by atoms with Gasteiger partial charge in [-0.3, -0.25) is 14.7 Å². The first-order valence-electron chi connectivity index (χ1n) is 9.31. The maximum atomic E-state index is 13.8. The van der Waals surface area contributed by atoms with Crippen molar-refractivity contribution in [2.24, 2.45) is 0 Å². The van der Waals surface area contributed by atoms with Crippen molar-refractivity contribution < 1.29 is 19.1 Å². The molecular formula is C21H24FN3O3. The van der Waals surface area contributed by atoms with Crippen molar-refractivity contribution >= 4 is 12.0 Å². The fourth-order valence-electron chi connectivity index (χ4n) is 3.39. The molecule has 3 atom stereocenters. The van der Waals surface area contributed by atoms with Crippen LogP contribution in [-0.2, 0) is 4.79 Å². The number of benzene rings is 1. The third-order valence-corrected chi connectivity index (χ3v) is 4.99. The number of carbonyl (C=O) groups is 2. The van der Waals surface area contributed by atoms with E-state index in [0.29, 0.717) is 11.6 Å². The van der Waals surface area contributed by atoms with Crippen LogP contribution in [0.15, 0.2) is 48.7 Å². The Kier molecular flexibility index (Phi) is 5.92. The molecule has 0 saturated carbocycles. The van der Waals surface area contributed by atoms with Crippen LogP contribution in [0.1, 0.15) is 49.0 Å². The van der Waals surface area contributed by atoms with Gasteiger partial charge >= 0.3 is 6.09 Å². The van der Waals surface area contributed by atoms with Crippen molar-refractivity contribution in [2.45, 2.75) is 44.4 Å². The van der Waals surface area contributed by atoms with Crippen molar-refractivity contribution in [1.82, 2.24) is 15.2 Å². The number of carboxylic acid groups (broad SMARTS) is 1. The lowest BCUT2D eigenvalue weighted by atomic mass is 10.00. The summed E-state index contributed by atoms with van der Waals surface area (Å²) in [5, 5.41) is 12.1. The van der Waals surface area contributed by atoms with E-state index in [2.05, 4.69) is 24.1 Å². The number of halogens is 1.